The Bertz CT molecular complexity index is 3510. The van der Waals surface area contributed by atoms with Crippen LogP contribution in [0.25, 0.3) is 119 Å². The lowest BCUT2D eigenvalue weighted by Crippen LogP contribution is -1.97. The molecule has 4 heteroatoms. The van der Waals surface area contributed by atoms with Crippen molar-refractivity contribution >= 4 is 63.0 Å². The predicted octanol–water partition coefficient (Wildman–Crippen LogP) is 16.9. The Kier molecular flexibility index (Phi) is 8.91. The standard InChI is InChI=1S/C58H36N2S2/c1-3-15-37(16-4-1)39-19-11-20-40(31-39)41-21-12-22-42(32-41)53-36-52(38-17-5-2-6-18-38)59-58(60-53)45-34-43(46-25-13-27-50-48-23-7-9-29-54(48)61-56(46)50)33-44(35-45)47-26-14-28-51-49-24-8-10-30-55(49)62-57(47)51/h1-36H. The second-order valence-electron chi connectivity index (χ2n) is 15.7. The Morgan fingerprint density at radius 1 is 0.258 bits per heavy atom. The number of aromatic nitrogens is 2. The first-order valence-electron chi connectivity index (χ1n) is 20.9. The van der Waals surface area contributed by atoms with Crippen LogP contribution in [0.15, 0.2) is 218 Å². The Morgan fingerprint density at radius 2 is 0.645 bits per heavy atom. The normalized spacial score (nSPS) is 11.5. The van der Waals surface area contributed by atoms with Gasteiger partial charge in [0, 0.05) is 57.0 Å². The van der Waals surface area contributed by atoms with E-state index < -0.39 is 0 Å². The van der Waals surface area contributed by atoms with Crippen LogP contribution in [0.1, 0.15) is 0 Å². The summed E-state index contributed by atoms with van der Waals surface area (Å²) in [5, 5.41) is 5.14. The summed E-state index contributed by atoms with van der Waals surface area (Å²) in [6.07, 6.45) is 0. The number of hydrogen-bond donors (Lipinski definition) is 0. The lowest BCUT2D eigenvalue weighted by Gasteiger charge is -2.14. The molecule has 0 spiro atoms. The zero-order valence-electron chi connectivity index (χ0n) is 33.5. The van der Waals surface area contributed by atoms with Crippen LogP contribution in [0, 0.1) is 0 Å². The number of fused-ring (bicyclic) bond motifs is 6. The van der Waals surface area contributed by atoms with Crippen LogP contribution >= 0.6 is 22.7 Å². The number of nitrogens with zero attached hydrogens (tertiary/aromatic N) is 2. The highest BCUT2D eigenvalue weighted by Gasteiger charge is 2.18. The fraction of sp³-hybridized carbons (Fsp3) is 0. The van der Waals surface area contributed by atoms with Crippen molar-refractivity contribution in [3.8, 4) is 78.4 Å². The number of benzene rings is 9. The first-order chi connectivity index (χ1) is 30.7. The van der Waals surface area contributed by atoms with Gasteiger partial charge in [-0.2, -0.15) is 0 Å². The van der Waals surface area contributed by atoms with E-state index in [-0.39, 0.29) is 0 Å². The first-order valence-corrected chi connectivity index (χ1v) is 22.5. The molecule has 3 heterocycles. The molecule has 62 heavy (non-hydrogen) atoms. The van der Waals surface area contributed by atoms with Crippen LogP contribution in [-0.2, 0) is 0 Å². The van der Waals surface area contributed by atoms with Crippen molar-refractivity contribution in [3.05, 3.63) is 218 Å². The molecular weight excluding hydrogens is 789 g/mol. The second-order valence-corrected chi connectivity index (χ2v) is 17.8. The highest BCUT2D eigenvalue weighted by molar-refractivity contribution is 7.26. The van der Waals surface area contributed by atoms with E-state index in [1.807, 2.05) is 22.7 Å². The van der Waals surface area contributed by atoms with Crippen molar-refractivity contribution < 1.29 is 0 Å². The van der Waals surface area contributed by atoms with Gasteiger partial charge in [-0.1, -0.05) is 170 Å². The maximum Gasteiger partial charge on any atom is 0.160 e. The summed E-state index contributed by atoms with van der Waals surface area (Å²) in [5.74, 6) is 0.688. The van der Waals surface area contributed by atoms with E-state index in [0.717, 1.165) is 50.3 Å². The monoisotopic (exact) mass is 824 g/mol. The summed E-state index contributed by atoms with van der Waals surface area (Å²) in [6, 6.07) is 78.6. The molecule has 0 aliphatic carbocycles. The van der Waals surface area contributed by atoms with Crippen molar-refractivity contribution in [2.45, 2.75) is 0 Å². The van der Waals surface area contributed by atoms with Crippen LogP contribution in [0.4, 0.5) is 0 Å². The maximum absolute atomic E-state index is 5.46. The molecule has 0 saturated carbocycles. The highest BCUT2D eigenvalue weighted by Crippen LogP contribution is 2.45. The van der Waals surface area contributed by atoms with Crippen LogP contribution in [0.5, 0.6) is 0 Å². The third kappa shape index (κ3) is 6.49. The molecule has 0 amide bonds. The van der Waals surface area contributed by atoms with Gasteiger partial charge in [0.2, 0.25) is 0 Å². The molecule has 12 aromatic rings. The van der Waals surface area contributed by atoms with Gasteiger partial charge in [-0.15, -0.1) is 22.7 Å². The summed E-state index contributed by atoms with van der Waals surface area (Å²) in [6.45, 7) is 0. The fourth-order valence-electron chi connectivity index (χ4n) is 8.86. The van der Waals surface area contributed by atoms with E-state index in [0.29, 0.717) is 5.82 Å². The van der Waals surface area contributed by atoms with Crippen molar-refractivity contribution in [1.82, 2.24) is 9.97 Å². The Labute approximate surface area is 367 Å². The molecule has 0 radical (unpaired) electrons. The molecule has 2 nitrogen and oxygen atoms in total. The van der Waals surface area contributed by atoms with Gasteiger partial charge in [0.15, 0.2) is 5.82 Å². The third-order valence-electron chi connectivity index (χ3n) is 11.9. The second kappa shape index (κ2) is 15.2. The van der Waals surface area contributed by atoms with E-state index in [4.69, 9.17) is 9.97 Å². The van der Waals surface area contributed by atoms with Crippen molar-refractivity contribution in [2.75, 3.05) is 0 Å². The summed E-state index contributed by atoms with van der Waals surface area (Å²) < 4.78 is 5.15. The predicted molar refractivity (Wildman–Crippen MR) is 266 cm³/mol. The van der Waals surface area contributed by atoms with Gasteiger partial charge in [-0.25, -0.2) is 9.97 Å². The molecule has 0 unspecified atom stereocenters. The Morgan fingerprint density at radius 3 is 1.23 bits per heavy atom. The van der Waals surface area contributed by atoms with Crippen LogP contribution in [0.3, 0.4) is 0 Å². The van der Waals surface area contributed by atoms with Gasteiger partial charge >= 0.3 is 0 Å². The molecule has 290 valence electrons. The average molecular weight is 825 g/mol. The van der Waals surface area contributed by atoms with Crippen LogP contribution in [0.2, 0.25) is 0 Å². The minimum Gasteiger partial charge on any atom is -0.228 e. The minimum absolute atomic E-state index is 0.688. The maximum atomic E-state index is 5.46. The molecule has 0 bridgehead atoms. The minimum atomic E-state index is 0.688. The molecule has 12 rings (SSSR count). The van der Waals surface area contributed by atoms with Gasteiger partial charge in [0.05, 0.1) is 11.4 Å². The van der Waals surface area contributed by atoms with E-state index >= 15 is 0 Å². The average Bonchev–Trinajstić information content (AvgIpc) is 3.93. The van der Waals surface area contributed by atoms with Gasteiger partial charge in [0.25, 0.3) is 0 Å². The number of hydrogen-bond acceptors (Lipinski definition) is 4. The summed E-state index contributed by atoms with van der Waals surface area (Å²) >= 11 is 3.72. The first kappa shape index (κ1) is 36.4. The molecular formula is C58H36N2S2. The lowest BCUT2D eigenvalue weighted by molar-refractivity contribution is 1.18. The summed E-state index contributed by atoms with van der Waals surface area (Å²) in [4.78, 5) is 10.8. The summed E-state index contributed by atoms with van der Waals surface area (Å²) in [5.41, 5.74) is 14.2. The molecule has 3 aromatic heterocycles. The quantitative estimate of drug-likeness (QED) is 0.160. The molecule has 0 saturated heterocycles. The SMILES string of the molecule is c1ccc(-c2cccc(-c3cccc(-c4cc(-c5ccccc5)nc(-c5cc(-c6cccc7c6sc6ccccc67)cc(-c6cccc7c6sc6ccccc67)c5)n4)c3)c2)cc1. The third-order valence-corrected chi connectivity index (χ3v) is 14.3. The van der Waals surface area contributed by atoms with Gasteiger partial charge in [-0.3, -0.25) is 0 Å². The summed E-state index contributed by atoms with van der Waals surface area (Å²) in [7, 11) is 0. The van der Waals surface area contributed by atoms with Crippen molar-refractivity contribution in [1.29, 1.82) is 0 Å². The molecule has 0 N–H and O–H groups in total. The Hall–Kier alpha value is -7.50. The van der Waals surface area contributed by atoms with Crippen molar-refractivity contribution in [3.63, 3.8) is 0 Å². The van der Waals surface area contributed by atoms with Gasteiger partial charge in [0.1, 0.15) is 0 Å². The van der Waals surface area contributed by atoms with E-state index in [1.165, 1.54) is 62.6 Å². The molecule has 9 aromatic carbocycles. The van der Waals surface area contributed by atoms with E-state index in [2.05, 4.69) is 218 Å². The highest BCUT2D eigenvalue weighted by atomic mass is 32.1. The van der Waals surface area contributed by atoms with E-state index in [1.54, 1.807) is 0 Å². The zero-order valence-corrected chi connectivity index (χ0v) is 35.1. The fourth-order valence-corrected chi connectivity index (χ4v) is 11.3. The smallest absolute Gasteiger partial charge is 0.160 e. The van der Waals surface area contributed by atoms with Gasteiger partial charge < -0.3 is 0 Å². The topological polar surface area (TPSA) is 25.8 Å². The van der Waals surface area contributed by atoms with Crippen molar-refractivity contribution in [2.24, 2.45) is 0 Å². The van der Waals surface area contributed by atoms with Crippen LogP contribution < -0.4 is 0 Å². The van der Waals surface area contributed by atoms with Gasteiger partial charge in [-0.05, 0) is 93.0 Å². The molecule has 0 aliphatic rings. The molecule has 0 fully saturated rings. The number of thiophene rings is 2. The zero-order chi connectivity index (χ0) is 41.0. The lowest BCUT2D eigenvalue weighted by atomic mass is 9.94. The van der Waals surface area contributed by atoms with Crippen LogP contribution in [-0.4, -0.2) is 9.97 Å². The van der Waals surface area contributed by atoms with E-state index in [9.17, 15) is 0 Å². The largest absolute Gasteiger partial charge is 0.228 e. The molecule has 0 atom stereocenters. The Balaban J connectivity index is 1.07. The number of rotatable bonds is 7. The molecule has 0 aliphatic heterocycles.